The molecule has 3 aromatic carbocycles. The molecule has 0 aliphatic heterocycles. The van der Waals surface area contributed by atoms with Crippen molar-refractivity contribution in [3.05, 3.63) is 87.2 Å². The molecule has 0 radical (unpaired) electrons. The Bertz CT molecular complexity index is 1330. The van der Waals surface area contributed by atoms with Gasteiger partial charge >= 0.3 is 0 Å². The quantitative estimate of drug-likeness (QED) is 0.300. The van der Waals surface area contributed by atoms with E-state index in [1.807, 2.05) is 68.4 Å². The maximum absolute atomic E-state index is 13.2. The topological polar surface area (TPSA) is 62.6 Å². The molecule has 0 unspecified atom stereocenters. The van der Waals surface area contributed by atoms with Crippen molar-refractivity contribution in [2.24, 2.45) is 0 Å². The average molecular weight is 479 g/mol. The van der Waals surface area contributed by atoms with E-state index in [1.54, 1.807) is 17.7 Å². The molecule has 0 saturated carbocycles. The molecule has 4 rings (SSSR count). The summed E-state index contributed by atoms with van der Waals surface area (Å²) in [6.07, 6.45) is 0. The minimum Gasteiger partial charge on any atom is -0.497 e. The predicted molar refractivity (Wildman–Crippen MR) is 135 cm³/mol. The first-order chi connectivity index (χ1) is 16.5. The van der Waals surface area contributed by atoms with Crippen LogP contribution in [0.1, 0.15) is 11.1 Å². The first-order valence-corrected chi connectivity index (χ1v) is 11.5. The molecule has 0 aliphatic rings. The molecule has 0 N–H and O–H groups in total. The fourth-order valence-corrected chi connectivity index (χ4v) is 3.91. The van der Waals surface area contributed by atoms with E-state index >= 15 is 0 Å². The van der Waals surface area contributed by atoms with Crippen LogP contribution in [-0.4, -0.2) is 36.5 Å². The number of ether oxygens (including phenoxy) is 3. The Morgan fingerprint density at radius 2 is 1.62 bits per heavy atom. The molecule has 0 atom stereocenters. The van der Waals surface area contributed by atoms with Crippen molar-refractivity contribution < 1.29 is 14.2 Å². The summed E-state index contributed by atoms with van der Waals surface area (Å²) in [6, 6.07) is 18.7. The van der Waals surface area contributed by atoms with Crippen LogP contribution in [0.5, 0.6) is 11.5 Å². The van der Waals surface area contributed by atoms with E-state index in [4.69, 9.17) is 30.8 Å². The SMILES string of the molecule is COc1ccc(-c2nc3ccccc3c(=O)n2CCOCCOc2cc(C)c(Cl)c(C)c2)cc1. The number of halogens is 1. The van der Waals surface area contributed by atoms with Gasteiger partial charge in [0, 0.05) is 10.6 Å². The zero-order valence-electron chi connectivity index (χ0n) is 19.5. The van der Waals surface area contributed by atoms with Crippen LogP contribution in [0.3, 0.4) is 0 Å². The van der Waals surface area contributed by atoms with Crippen LogP contribution in [-0.2, 0) is 11.3 Å². The van der Waals surface area contributed by atoms with Gasteiger partial charge in [-0.25, -0.2) is 4.98 Å². The van der Waals surface area contributed by atoms with Gasteiger partial charge in [-0.05, 0) is 73.5 Å². The molecule has 0 spiro atoms. The smallest absolute Gasteiger partial charge is 0.261 e. The summed E-state index contributed by atoms with van der Waals surface area (Å²) < 4.78 is 18.5. The van der Waals surface area contributed by atoms with E-state index in [0.717, 1.165) is 33.2 Å². The standard InChI is InChI=1S/C27H27ClN2O4/c1-18-16-22(17-19(2)25(18)28)34-15-14-33-13-12-30-26(20-8-10-21(32-3)11-9-20)29-24-7-5-4-6-23(24)27(30)31/h4-11,16-17H,12-15H2,1-3H3. The van der Waals surface area contributed by atoms with Crippen LogP contribution in [0.4, 0.5) is 0 Å². The highest BCUT2D eigenvalue weighted by Crippen LogP contribution is 2.26. The molecule has 7 heteroatoms. The van der Waals surface area contributed by atoms with Crippen LogP contribution in [0, 0.1) is 13.8 Å². The lowest BCUT2D eigenvalue weighted by molar-refractivity contribution is 0.0940. The molecule has 0 saturated heterocycles. The Labute approximate surface area is 203 Å². The van der Waals surface area contributed by atoms with E-state index in [2.05, 4.69) is 0 Å². The van der Waals surface area contributed by atoms with Crippen LogP contribution < -0.4 is 15.0 Å². The van der Waals surface area contributed by atoms with Crippen molar-refractivity contribution in [1.82, 2.24) is 9.55 Å². The number of aromatic nitrogens is 2. The molecular weight excluding hydrogens is 452 g/mol. The van der Waals surface area contributed by atoms with Gasteiger partial charge in [-0.3, -0.25) is 9.36 Å². The summed E-state index contributed by atoms with van der Waals surface area (Å²) in [6.45, 7) is 5.43. The van der Waals surface area contributed by atoms with Gasteiger partial charge in [-0.15, -0.1) is 0 Å². The second kappa shape index (κ2) is 10.7. The fourth-order valence-electron chi connectivity index (χ4n) is 3.80. The molecular formula is C27H27ClN2O4. The monoisotopic (exact) mass is 478 g/mol. The largest absolute Gasteiger partial charge is 0.497 e. The van der Waals surface area contributed by atoms with Crippen molar-refractivity contribution in [2.75, 3.05) is 26.9 Å². The Kier molecular flexibility index (Phi) is 7.50. The fraction of sp³-hybridized carbons (Fsp3) is 0.259. The lowest BCUT2D eigenvalue weighted by Crippen LogP contribution is -2.26. The Hall–Kier alpha value is -3.35. The Balaban J connectivity index is 1.45. The second-order valence-corrected chi connectivity index (χ2v) is 8.35. The number of benzene rings is 3. The molecule has 1 aromatic heterocycles. The van der Waals surface area contributed by atoms with E-state index < -0.39 is 0 Å². The van der Waals surface area contributed by atoms with Crippen LogP contribution in [0.15, 0.2) is 65.5 Å². The predicted octanol–water partition coefficient (Wildman–Crippen LogP) is 5.44. The highest BCUT2D eigenvalue weighted by molar-refractivity contribution is 6.32. The Morgan fingerprint density at radius 3 is 2.32 bits per heavy atom. The molecule has 4 aromatic rings. The number of aryl methyl sites for hydroxylation is 2. The maximum Gasteiger partial charge on any atom is 0.261 e. The molecule has 0 bridgehead atoms. The van der Waals surface area contributed by atoms with Crippen LogP contribution >= 0.6 is 11.6 Å². The van der Waals surface area contributed by atoms with Crippen LogP contribution in [0.2, 0.25) is 5.02 Å². The summed E-state index contributed by atoms with van der Waals surface area (Å²) in [5, 5.41) is 1.34. The highest BCUT2D eigenvalue weighted by atomic mass is 35.5. The highest BCUT2D eigenvalue weighted by Gasteiger charge is 2.13. The number of hydrogen-bond donors (Lipinski definition) is 0. The number of rotatable bonds is 9. The molecule has 176 valence electrons. The molecule has 0 aliphatic carbocycles. The third-order valence-corrected chi connectivity index (χ3v) is 6.17. The van der Waals surface area contributed by atoms with Gasteiger partial charge in [-0.1, -0.05) is 23.7 Å². The average Bonchev–Trinajstić information content (AvgIpc) is 2.85. The van der Waals surface area contributed by atoms with E-state index in [-0.39, 0.29) is 5.56 Å². The van der Waals surface area contributed by atoms with E-state index in [9.17, 15) is 4.79 Å². The number of fused-ring (bicyclic) bond motifs is 1. The lowest BCUT2D eigenvalue weighted by Gasteiger charge is -2.15. The van der Waals surface area contributed by atoms with Crippen molar-refractivity contribution in [3.63, 3.8) is 0 Å². The minimum atomic E-state index is -0.0941. The molecule has 0 amide bonds. The molecule has 1 heterocycles. The number of para-hydroxylation sites is 1. The van der Waals surface area contributed by atoms with Crippen molar-refractivity contribution in [3.8, 4) is 22.9 Å². The first-order valence-electron chi connectivity index (χ1n) is 11.1. The van der Waals surface area contributed by atoms with Gasteiger partial charge in [0.1, 0.15) is 23.9 Å². The van der Waals surface area contributed by atoms with E-state index in [0.29, 0.717) is 43.1 Å². The Morgan fingerprint density at radius 1 is 0.912 bits per heavy atom. The summed E-state index contributed by atoms with van der Waals surface area (Å²) in [5.41, 5.74) is 3.36. The lowest BCUT2D eigenvalue weighted by atomic mass is 10.1. The third kappa shape index (κ3) is 5.24. The first kappa shape index (κ1) is 23.8. The summed E-state index contributed by atoms with van der Waals surface area (Å²) in [7, 11) is 1.62. The van der Waals surface area contributed by atoms with Gasteiger partial charge in [0.2, 0.25) is 0 Å². The summed E-state index contributed by atoms with van der Waals surface area (Å²) >= 11 is 6.21. The van der Waals surface area contributed by atoms with E-state index in [1.165, 1.54) is 0 Å². The number of nitrogens with zero attached hydrogens (tertiary/aromatic N) is 2. The summed E-state index contributed by atoms with van der Waals surface area (Å²) in [4.78, 5) is 18.0. The maximum atomic E-state index is 13.2. The normalized spacial score (nSPS) is 11.1. The van der Waals surface area contributed by atoms with Crippen molar-refractivity contribution in [2.45, 2.75) is 20.4 Å². The summed E-state index contributed by atoms with van der Waals surface area (Å²) in [5.74, 6) is 2.10. The third-order valence-electron chi connectivity index (χ3n) is 5.58. The zero-order chi connectivity index (χ0) is 24.1. The second-order valence-electron chi connectivity index (χ2n) is 7.97. The van der Waals surface area contributed by atoms with Gasteiger partial charge in [-0.2, -0.15) is 0 Å². The van der Waals surface area contributed by atoms with Crippen molar-refractivity contribution >= 4 is 22.5 Å². The molecule has 34 heavy (non-hydrogen) atoms. The van der Waals surface area contributed by atoms with Gasteiger partial charge in [0.25, 0.3) is 5.56 Å². The minimum absolute atomic E-state index is 0.0941. The zero-order valence-corrected chi connectivity index (χ0v) is 20.3. The molecule has 0 fully saturated rings. The van der Waals surface area contributed by atoms with Gasteiger partial charge in [0.15, 0.2) is 0 Å². The molecule has 6 nitrogen and oxygen atoms in total. The van der Waals surface area contributed by atoms with Gasteiger partial charge in [0.05, 0.1) is 37.8 Å². The van der Waals surface area contributed by atoms with Gasteiger partial charge < -0.3 is 14.2 Å². The number of methoxy groups -OCH3 is 1. The van der Waals surface area contributed by atoms with Crippen LogP contribution in [0.25, 0.3) is 22.3 Å². The van der Waals surface area contributed by atoms with Crippen molar-refractivity contribution in [1.29, 1.82) is 0 Å². The number of hydrogen-bond acceptors (Lipinski definition) is 5.